The van der Waals surface area contributed by atoms with Crippen molar-refractivity contribution in [2.75, 3.05) is 0 Å². The molecule has 0 radical (unpaired) electrons. The summed E-state index contributed by atoms with van der Waals surface area (Å²) in [5.74, 6) is -1.42. The Balaban J connectivity index is 2.35. The molecule has 25 heavy (non-hydrogen) atoms. The first-order chi connectivity index (χ1) is 12.0. The zero-order chi connectivity index (χ0) is 18.1. The lowest BCUT2D eigenvalue weighted by atomic mass is 10.1. The third-order valence-electron chi connectivity index (χ3n) is 3.89. The van der Waals surface area contributed by atoms with Gasteiger partial charge in [-0.05, 0) is 12.0 Å². The van der Waals surface area contributed by atoms with E-state index in [1.165, 1.54) is 9.13 Å². The van der Waals surface area contributed by atoms with E-state index >= 15 is 0 Å². The minimum Gasteiger partial charge on any atom is -0.544 e. The minimum absolute atomic E-state index is 0.0420. The van der Waals surface area contributed by atoms with Gasteiger partial charge in [0.05, 0.1) is 28.0 Å². The van der Waals surface area contributed by atoms with Gasteiger partial charge in [0.15, 0.2) is 0 Å². The van der Waals surface area contributed by atoms with Crippen molar-refractivity contribution in [1.82, 2.24) is 9.13 Å². The number of fused-ring (bicyclic) bond motifs is 1. The number of thioether (sulfide) groups is 1. The van der Waals surface area contributed by atoms with Crippen LogP contribution in [0.4, 0.5) is 0 Å². The third-order valence-corrected chi connectivity index (χ3v) is 5.14. The zero-order valence-corrected chi connectivity index (χ0v) is 14.3. The van der Waals surface area contributed by atoms with Crippen LogP contribution in [0.15, 0.2) is 55.5 Å². The number of allylic oxidation sites excluding steroid dienone is 1. The molecule has 1 aromatic carbocycles. The Hall–Kier alpha value is -2.74. The first kappa shape index (κ1) is 17.1. The molecule has 1 aliphatic rings. The van der Waals surface area contributed by atoms with Crippen LogP contribution in [-0.4, -0.2) is 15.1 Å². The lowest BCUT2D eigenvalue weighted by Crippen LogP contribution is -2.44. The number of carbonyl (C=O) groups excluding carboxylic acids is 1. The largest absolute Gasteiger partial charge is 0.544 e. The Morgan fingerprint density at radius 3 is 2.56 bits per heavy atom. The van der Waals surface area contributed by atoms with Gasteiger partial charge in [-0.2, -0.15) is 0 Å². The highest BCUT2D eigenvalue weighted by molar-refractivity contribution is 8.04. The van der Waals surface area contributed by atoms with Gasteiger partial charge >= 0.3 is 5.69 Å². The molecule has 0 saturated heterocycles. The molecule has 3 rings (SSSR count). The first-order valence-corrected chi connectivity index (χ1v) is 8.58. The fourth-order valence-electron chi connectivity index (χ4n) is 2.78. The first-order valence-electron chi connectivity index (χ1n) is 7.76. The lowest BCUT2D eigenvalue weighted by molar-refractivity contribution is -0.298. The smallest absolute Gasteiger partial charge is 0.332 e. The Labute approximate surface area is 147 Å². The molecule has 0 atom stereocenters. The predicted molar refractivity (Wildman–Crippen MR) is 92.8 cm³/mol. The van der Waals surface area contributed by atoms with Crippen LogP contribution in [0.25, 0.3) is 11.1 Å². The number of carbonyl (C=O) groups is 1. The summed E-state index contributed by atoms with van der Waals surface area (Å²) in [5, 5.41) is 11.6. The van der Waals surface area contributed by atoms with Crippen LogP contribution in [0.2, 0.25) is 0 Å². The molecule has 0 aliphatic carbocycles. The second-order valence-corrected chi connectivity index (χ2v) is 6.61. The summed E-state index contributed by atoms with van der Waals surface area (Å²) in [5.41, 5.74) is 5.83. The average molecular weight is 358 g/mol. The van der Waals surface area contributed by atoms with Gasteiger partial charge in [0.25, 0.3) is 5.56 Å². The van der Waals surface area contributed by atoms with Crippen molar-refractivity contribution in [2.45, 2.75) is 31.5 Å². The highest BCUT2D eigenvalue weighted by Gasteiger charge is 2.26. The summed E-state index contributed by atoms with van der Waals surface area (Å²) >= 11 is 0.792. The van der Waals surface area contributed by atoms with E-state index in [0.29, 0.717) is 17.5 Å². The number of carboxylic acids is 1. The number of hydrogen-bond donors (Lipinski definition) is 1. The fourth-order valence-corrected chi connectivity index (χ4v) is 3.81. The number of aliphatic carboxylic acids is 1. The van der Waals surface area contributed by atoms with Gasteiger partial charge in [0.1, 0.15) is 0 Å². The van der Waals surface area contributed by atoms with E-state index in [0.717, 1.165) is 11.8 Å². The Morgan fingerprint density at radius 2 is 1.96 bits per heavy atom. The molecular weight excluding hydrogens is 342 g/mol. The molecule has 0 spiro atoms. The predicted octanol–water partition coefficient (Wildman–Crippen LogP) is 0.113. The Kier molecular flexibility index (Phi) is 4.54. The van der Waals surface area contributed by atoms with Crippen LogP contribution in [0.3, 0.4) is 0 Å². The molecule has 0 bridgehead atoms. The number of nitrogens with zero attached hydrogens (tertiary/aromatic N) is 2. The average Bonchev–Trinajstić information content (AvgIpc) is 2.59. The molecule has 1 aliphatic heterocycles. The van der Waals surface area contributed by atoms with E-state index in [1.807, 2.05) is 13.0 Å². The Morgan fingerprint density at radius 1 is 1.28 bits per heavy atom. The molecule has 8 heteroatoms. The standard InChI is InChI=1S/C17H17N3O4S/c1-2-8-19-14(21)12(10-6-4-3-5-7-10)15-20(17(19)24)9-11(18)13(25-15)16(22)23/h3-7H,2,8-9,18H2,1H3,(H,22,23)/p-1. The van der Waals surface area contributed by atoms with Crippen molar-refractivity contribution in [3.63, 3.8) is 0 Å². The molecule has 130 valence electrons. The molecule has 2 N–H and O–H groups in total. The number of nitrogens with two attached hydrogens (primary N) is 1. The topological polar surface area (TPSA) is 110 Å². The zero-order valence-electron chi connectivity index (χ0n) is 13.5. The second kappa shape index (κ2) is 6.64. The summed E-state index contributed by atoms with van der Waals surface area (Å²) in [6.45, 7) is 2.06. The highest BCUT2D eigenvalue weighted by Crippen LogP contribution is 2.36. The van der Waals surface area contributed by atoms with Crippen molar-refractivity contribution in [3.8, 4) is 11.1 Å². The maximum Gasteiger partial charge on any atom is 0.332 e. The number of aromatic nitrogens is 2. The van der Waals surface area contributed by atoms with Gasteiger partial charge in [-0.15, -0.1) is 0 Å². The molecule has 0 amide bonds. The van der Waals surface area contributed by atoms with Crippen molar-refractivity contribution < 1.29 is 9.90 Å². The third kappa shape index (κ3) is 2.89. The summed E-state index contributed by atoms with van der Waals surface area (Å²) in [6.07, 6.45) is 0.617. The van der Waals surface area contributed by atoms with Crippen molar-refractivity contribution in [3.05, 3.63) is 61.8 Å². The van der Waals surface area contributed by atoms with Gasteiger partial charge in [0, 0.05) is 12.2 Å². The normalized spacial score (nSPS) is 13.6. The minimum atomic E-state index is -1.42. The van der Waals surface area contributed by atoms with Crippen LogP contribution < -0.4 is 22.1 Å². The van der Waals surface area contributed by atoms with Gasteiger partial charge in [0.2, 0.25) is 0 Å². The second-order valence-electron chi connectivity index (χ2n) is 5.62. The summed E-state index contributed by atoms with van der Waals surface area (Å²) in [4.78, 5) is 36.8. The monoisotopic (exact) mass is 358 g/mol. The SMILES string of the molecule is CCCn1c(=O)c(-c2ccccc2)c2n(c1=O)CC(N)=C(C(=O)[O-])S2. The summed E-state index contributed by atoms with van der Waals surface area (Å²) < 4.78 is 2.52. The molecule has 0 saturated carbocycles. The summed E-state index contributed by atoms with van der Waals surface area (Å²) in [7, 11) is 0. The van der Waals surface area contributed by atoms with Crippen LogP contribution in [0, 0.1) is 0 Å². The van der Waals surface area contributed by atoms with E-state index in [9.17, 15) is 19.5 Å². The molecule has 0 unspecified atom stereocenters. The summed E-state index contributed by atoms with van der Waals surface area (Å²) in [6, 6.07) is 8.86. The lowest BCUT2D eigenvalue weighted by Gasteiger charge is -2.25. The van der Waals surface area contributed by atoms with E-state index < -0.39 is 17.2 Å². The number of benzene rings is 1. The van der Waals surface area contributed by atoms with E-state index in [2.05, 4.69) is 0 Å². The number of rotatable bonds is 4. The maximum absolute atomic E-state index is 12.9. The van der Waals surface area contributed by atoms with Gasteiger partial charge in [-0.3, -0.25) is 13.9 Å². The van der Waals surface area contributed by atoms with Gasteiger partial charge < -0.3 is 15.6 Å². The van der Waals surface area contributed by atoms with E-state index in [1.54, 1.807) is 24.3 Å². The van der Waals surface area contributed by atoms with Gasteiger partial charge in [-0.25, -0.2) is 4.79 Å². The molecule has 0 fully saturated rings. The molecule has 2 heterocycles. The highest BCUT2D eigenvalue weighted by atomic mass is 32.2. The quantitative estimate of drug-likeness (QED) is 0.777. The van der Waals surface area contributed by atoms with E-state index in [-0.39, 0.29) is 28.7 Å². The van der Waals surface area contributed by atoms with Crippen LogP contribution in [0.5, 0.6) is 0 Å². The maximum atomic E-state index is 12.9. The van der Waals surface area contributed by atoms with E-state index in [4.69, 9.17) is 5.73 Å². The molecule has 1 aromatic heterocycles. The van der Waals surface area contributed by atoms with Crippen molar-refractivity contribution >= 4 is 17.7 Å². The molecular formula is C17H16N3O4S-. The molecule has 7 nitrogen and oxygen atoms in total. The number of hydrogen-bond acceptors (Lipinski definition) is 6. The van der Waals surface area contributed by atoms with Gasteiger partial charge in [-0.1, -0.05) is 49.0 Å². The van der Waals surface area contributed by atoms with Crippen LogP contribution >= 0.6 is 11.8 Å². The van der Waals surface area contributed by atoms with Crippen molar-refractivity contribution in [1.29, 1.82) is 0 Å². The fraction of sp³-hybridized carbons (Fsp3) is 0.235. The number of carboxylic acid groups (broad SMARTS) is 1. The van der Waals surface area contributed by atoms with Crippen LogP contribution in [-0.2, 0) is 17.9 Å². The van der Waals surface area contributed by atoms with Crippen molar-refractivity contribution in [2.24, 2.45) is 5.73 Å². The molecule has 2 aromatic rings. The Bertz CT molecular complexity index is 989. The van der Waals surface area contributed by atoms with Crippen LogP contribution in [0.1, 0.15) is 13.3 Å².